The first-order valence-electron chi connectivity index (χ1n) is 4.40. The highest BCUT2D eigenvalue weighted by molar-refractivity contribution is 8.00. The summed E-state index contributed by atoms with van der Waals surface area (Å²) in [6.45, 7) is 1.27. The molecule has 1 nitrogen and oxygen atoms in total. The number of thioether (sulfide) groups is 1. The number of carbonyl (C=O) groups excluding carboxylic acids is 1. The highest BCUT2D eigenvalue weighted by Crippen LogP contribution is 2.41. The molecule has 17 heavy (non-hydrogen) atoms. The highest BCUT2D eigenvalue weighted by atomic mass is 35.5. The van der Waals surface area contributed by atoms with Crippen LogP contribution in [0.4, 0.5) is 13.2 Å². The van der Waals surface area contributed by atoms with Crippen molar-refractivity contribution in [1.29, 1.82) is 0 Å². The molecule has 7 heteroatoms. The van der Waals surface area contributed by atoms with Crippen molar-refractivity contribution < 1.29 is 18.0 Å². The van der Waals surface area contributed by atoms with E-state index in [2.05, 4.69) is 0 Å². The second-order valence-electron chi connectivity index (χ2n) is 3.21. The quantitative estimate of drug-likeness (QED) is 0.588. The summed E-state index contributed by atoms with van der Waals surface area (Å²) in [5.41, 5.74) is -4.13. The average Bonchev–Trinajstić information content (AvgIpc) is 2.18. The summed E-state index contributed by atoms with van der Waals surface area (Å²) in [4.78, 5) is 10.9. The number of alkyl halides is 4. The number of benzene rings is 1. The van der Waals surface area contributed by atoms with E-state index in [1.807, 2.05) is 0 Å². The van der Waals surface area contributed by atoms with Gasteiger partial charge in [0.25, 0.3) is 0 Å². The lowest BCUT2D eigenvalue weighted by Crippen LogP contribution is -2.03. The summed E-state index contributed by atoms with van der Waals surface area (Å²) in [6.07, 6.45) is 0. The molecule has 0 spiro atoms. The molecule has 0 saturated carbocycles. The third-order valence-corrected chi connectivity index (χ3v) is 3.62. The molecule has 0 aromatic heterocycles. The van der Waals surface area contributed by atoms with Gasteiger partial charge in [0.1, 0.15) is 5.38 Å². The van der Waals surface area contributed by atoms with Crippen molar-refractivity contribution in [3.05, 3.63) is 28.8 Å². The molecule has 0 aliphatic rings. The summed E-state index contributed by atoms with van der Waals surface area (Å²) >= 11 is 11.1. The van der Waals surface area contributed by atoms with E-state index in [0.717, 1.165) is 0 Å². The van der Waals surface area contributed by atoms with E-state index in [-0.39, 0.29) is 27.5 Å². The van der Waals surface area contributed by atoms with Gasteiger partial charge in [-0.3, -0.25) is 4.79 Å². The summed E-state index contributed by atoms with van der Waals surface area (Å²) in [7, 11) is 0. The fourth-order valence-corrected chi connectivity index (χ4v) is 2.09. The van der Waals surface area contributed by atoms with Crippen LogP contribution >= 0.6 is 35.0 Å². The molecule has 94 valence electrons. The van der Waals surface area contributed by atoms with Crippen molar-refractivity contribution in [2.45, 2.75) is 22.7 Å². The maximum absolute atomic E-state index is 12.2. The van der Waals surface area contributed by atoms with Crippen LogP contribution in [0.2, 0.25) is 5.02 Å². The minimum absolute atomic E-state index is 0.0245. The van der Waals surface area contributed by atoms with E-state index in [1.54, 1.807) is 0 Å². The van der Waals surface area contributed by atoms with Gasteiger partial charge in [-0.25, -0.2) is 0 Å². The smallest absolute Gasteiger partial charge is 0.298 e. The van der Waals surface area contributed by atoms with E-state index < -0.39 is 10.9 Å². The maximum atomic E-state index is 12.2. The van der Waals surface area contributed by atoms with Gasteiger partial charge in [-0.15, -0.1) is 11.6 Å². The lowest BCUT2D eigenvalue weighted by atomic mass is 10.1. The van der Waals surface area contributed by atoms with Crippen LogP contribution in [-0.2, 0) is 4.79 Å². The second-order valence-corrected chi connectivity index (χ2v) is 5.16. The van der Waals surface area contributed by atoms with Gasteiger partial charge in [0.15, 0.2) is 5.78 Å². The first kappa shape index (κ1) is 14.7. The predicted octanol–water partition coefficient (Wildman–Crippen LogP) is 4.82. The average molecular weight is 303 g/mol. The third kappa shape index (κ3) is 4.41. The summed E-state index contributed by atoms with van der Waals surface area (Å²) in [6, 6.07) is 3.91. The Morgan fingerprint density at radius 3 is 2.47 bits per heavy atom. The van der Waals surface area contributed by atoms with Crippen molar-refractivity contribution in [2.75, 3.05) is 0 Å². The highest BCUT2D eigenvalue weighted by Gasteiger charge is 2.30. The monoisotopic (exact) mass is 302 g/mol. The summed E-state index contributed by atoms with van der Waals surface area (Å²) < 4.78 is 36.7. The third-order valence-electron chi connectivity index (χ3n) is 1.83. The number of ketones is 1. The topological polar surface area (TPSA) is 17.1 Å². The van der Waals surface area contributed by atoms with Gasteiger partial charge >= 0.3 is 5.51 Å². The van der Waals surface area contributed by atoms with Crippen LogP contribution < -0.4 is 0 Å². The fourth-order valence-electron chi connectivity index (χ4n) is 1.12. The van der Waals surface area contributed by atoms with Crippen molar-refractivity contribution in [2.24, 2.45) is 0 Å². The number of hydrogen-bond donors (Lipinski definition) is 0. The Hall–Kier alpha value is -0.390. The molecular formula is C10H7Cl2F3OS. The van der Waals surface area contributed by atoms with Crippen LogP contribution in [0, 0.1) is 0 Å². The largest absolute Gasteiger partial charge is 0.446 e. The maximum Gasteiger partial charge on any atom is 0.446 e. The van der Waals surface area contributed by atoms with Gasteiger partial charge in [-0.05, 0) is 36.4 Å². The number of carbonyl (C=O) groups is 1. The van der Waals surface area contributed by atoms with Crippen LogP contribution in [0.15, 0.2) is 23.1 Å². The Labute approximate surface area is 110 Å². The molecule has 1 aromatic carbocycles. The van der Waals surface area contributed by atoms with E-state index in [0.29, 0.717) is 5.56 Å². The summed E-state index contributed by atoms with van der Waals surface area (Å²) in [5.74, 6) is -0.336. The molecule has 1 atom stereocenters. The number of halogens is 5. The molecule has 0 bridgehead atoms. The zero-order chi connectivity index (χ0) is 13.2. The van der Waals surface area contributed by atoms with Crippen LogP contribution in [0.3, 0.4) is 0 Å². The lowest BCUT2D eigenvalue weighted by Gasteiger charge is -2.11. The Kier molecular flexibility index (Phi) is 4.75. The van der Waals surface area contributed by atoms with Crippen LogP contribution in [0.25, 0.3) is 0 Å². The van der Waals surface area contributed by atoms with E-state index in [4.69, 9.17) is 23.2 Å². The molecule has 1 unspecified atom stereocenters. The molecule has 0 aliphatic heterocycles. The molecule has 1 rings (SSSR count). The zero-order valence-corrected chi connectivity index (χ0v) is 10.8. The van der Waals surface area contributed by atoms with Gasteiger partial charge in [0.05, 0.1) is 5.02 Å². The summed E-state index contributed by atoms with van der Waals surface area (Å²) in [5, 5.41) is -0.983. The zero-order valence-electron chi connectivity index (χ0n) is 8.52. The van der Waals surface area contributed by atoms with Crippen molar-refractivity contribution >= 4 is 40.7 Å². The van der Waals surface area contributed by atoms with Gasteiger partial charge in [0.2, 0.25) is 0 Å². The van der Waals surface area contributed by atoms with E-state index in [9.17, 15) is 18.0 Å². The van der Waals surface area contributed by atoms with Gasteiger partial charge in [-0.1, -0.05) is 17.7 Å². The molecule has 0 aliphatic carbocycles. The molecule has 0 radical (unpaired) electrons. The first-order valence-corrected chi connectivity index (χ1v) is 6.03. The normalized spacial score (nSPS) is 13.5. The Morgan fingerprint density at radius 2 is 2.00 bits per heavy atom. The Bertz CT molecular complexity index is 434. The number of rotatable bonds is 3. The first-order chi connectivity index (χ1) is 7.70. The lowest BCUT2D eigenvalue weighted by molar-refractivity contribution is -0.116. The van der Waals surface area contributed by atoms with Crippen molar-refractivity contribution in [3.8, 4) is 0 Å². The minimum atomic E-state index is -4.43. The minimum Gasteiger partial charge on any atom is -0.298 e. The van der Waals surface area contributed by atoms with Crippen LogP contribution in [0.1, 0.15) is 17.9 Å². The van der Waals surface area contributed by atoms with E-state index in [1.165, 1.54) is 25.1 Å². The van der Waals surface area contributed by atoms with Gasteiger partial charge in [-0.2, -0.15) is 13.2 Å². The molecule has 0 N–H and O–H groups in total. The van der Waals surface area contributed by atoms with Crippen LogP contribution in [0.5, 0.6) is 0 Å². The molecule has 1 aromatic rings. The second kappa shape index (κ2) is 5.50. The number of Topliss-reactive ketones (excluding diaryl/α,β-unsaturated/α-hetero) is 1. The van der Waals surface area contributed by atoms with Crippen LogP contribution in [-0.4, -0.2) is 11.3 Å². The molecule has 0 saturated heterocycles. The van der Waals surface area contributed by atoms with Crippen molar-refractivity contribution in [1.82, 2.24) is 0 Å². The predicted molar refractivity (Wildman–Crippen MR) is 62.6 cm³/mol. The Balaban J connectivity index is 3.06. The molecule has 0 amide bonds. The molecule has 0 heterocycles. The molecular weight excluding hydrogens is 296 g/mol. The SMILES string of the molecule is CC(=O)C(Cl)c1ccc(Cl)c(SC(F)(F)F)c1. The number of hydrogen-bond acceptors (Lipinski definition) is 2. The van der Waals surface area contributed by atoms with Crippen molar-refractivity contribution in [3.63, 3.8) is 0 Å². The van der Waals surface area contributed by atoms with E-state index >= 15 is 0 Å². The standard InChI is InChI=1S/C10H7Cl2F3OS/c1-5(16)9(12)6-2-3-7(11)8(4-6)17-10(13,14)15/h2-4,9H,1H3. The fraction of sp³-hybridized carbons (Fsp3) is 0.300. The Morgan fingerprint density at radius 1 is 1.41 bits per heavy atom. The van der Waals surface area contributed by atoms with Gasteiger partial charge < -0.3 is 0 Å². The molecule has 0 fully saturated rings. The van der Waals surface area contributed by atoms with Gasteiger partial charge in [0, 0.05) is 4.90 Å².